The molecule has 1 saturated carbocycles. The summed E-state index contributed by atoms with van der Waals surface area (Å²) in [5, 5.41) is 0. The maximum atomic E-state index is 11.3. The van der Waals surface area contributed by atoms with Gasteiger partial charge < -0.3 is 4.74 Å². The molecule has 0 atom stereocenters. The van der Waals surface area contributed by atoms with Gasteiger partial charge in [-0.1, -0.05) is 6.42 Å². The number of thioether (sulfide) groups is 1. The van der Waals surface area contributed by atoms with Crippen molar-refractivity contribution in [2.75, 3.05) is 18.6 Å². The summed E-state index contributed by atoms with van der Waals surface area (Å²) in [6.45, 7) is 0. The minimum absolute atomic E-state index is 0.0918. The Kier molecular flexibility index (Phi) is 7.23. The van der Waals surface area contributed by atoms with Gasteiger partial charge >= 0.3 is 5.97 Å². The minimum Gasteiger partial charge on any atom is -0.469 e. The van der Waals surface area contributed by atoms with Gasteiger partial charge in [0.2, 0.25) is 5.91 Å². The average Bonchev–Trinajstić information content (AvgIpc) is 3.17. The van der Waals surface area contributed by atoms with E-state index in [0.29, 0.717) is 12.8 Å². The lowest BCUT2D eigenvalue weighted by Gasteiger charge is -2.12. The fourth-order valence-electron chi connectivity index (χ4n) is 1.95. The minimum atomic E-state index is -0.0948. The van der Waals surface area contributed by atoms with Crippen molar-refractivity contribution in [1.82, 2.24) is 5.43 Å². The highest BCUT2D eigenvalue weighted by molar-refractivity contribution is 7.99. The Morgan fingerprint density at radius 2 is 2.05 bits per heavy atom. The van der Waals surface area contributed by atoms with Gasteiger partial charge in [0.15, 0.2) is 0 Å². The molecular weight excluding hydrogens is 264 g/mol. The number of nitrogens with one attached hydrogen (secondary N) is 1. The lowest BCUT2D eigenvalue weighted by Crippen LogP contribution is -2.29. The zero-order chi connectivity index (χ0) is 14.1. The third-order valence-corrected chi connectivity index (χ3v) is 4.86. The molecule has 1 amide bonds. The largest absolute Gasteiger partial charge is 0.469 e. The van der Waals surface area contributed by atoms with Crippen LogP contribution in [0.15, 0.2) is 0 Å². The van der Waals surface area contributed by atoms with Gasteiger partial charge in [-0.15, -0.1) is 0 Å². The first-order chi connectivity index (χ1) is 9.12. The van der Waals surface area contributed by atoms with Crippen LogP contribution in [0.1, 0.15) is 44.9 Å². The Bertz CT molecular complexity index is 306. The molecular formula is C13H24N2O3S. The molecule has 0 radical (unpaired) electrons. The second kappa shape index (κ2) is 8.43. The van der Waals surface area contributed by atoms with E-state index in [1.807, 2.05) is 11.8 Å². The number of hydrazine groups is 1. The van der Waals surface area contributed by atoms with Gasteiger partial charge in [-0.25, -0.2) is 5.84 Å². The summed E-state index contributed by atoms with van der Waals surface area (Å²) in [6.07, 6.45) is 6.40. The molecule has 3 N–H and O–H groups in total. The molecule has 1 fully saturated rings. The van der Waals surface area contributed by atoms with E-state index < -0.39 is 0 Å². The van der Waals surface area contributed by atoms with Crippen molar-refractivity contribution >= 4 is 23.6 Å². The first-order valence-electron chi connectivity index (χ1n) is 6.76. The van der Waals surface area contributed by atoms with Crippen molar-refractivity contribution in [2.45, 2.75) is 44.9 Å². The third-order valence-electron chi connectivity index (χ3n) is 3.47. The molecule has 0 aromatic carbocycles. The van der Waals surface area contributed by atoms with E-state index >= 15 is 0 Å². The predicted molar refractivity (Wildman–Crippen MR) is 76.4 cm³/mol. The van der Waals surface area contributed by atoms with Crippen molar-refractivity contribution in [2.24, 2.45) is 11.3 Å². The van der Waals surface area contributed by atoms with Crippen LogP contribution in [-0.2, 0) is 14.3 Å². The predicted octanol–water partition coefficient (Wildman–Crippen LogP) is 1.61. The molecule has 0 bridgehead atoms. The highest BCUT2D eigenvalue weighted by Gasteiger charge is 2.44. The highest BCUT2D eigenvalue weighted by atomic mass is 32.2. The van der Waals surface area contributed by atoms with E-state index in [2.05, 4.69) is 5.43 Å². The number of hydrogen-bond donors (Lipinski definition) is 2. The highest BCUT2D eigenvalue weighted by Crippen LogP contribution is 2.51. The quantitative estimate of drug-likeness (QED) is 0.210. The number of esters is 1. The van der Waals surface area contributed by atoms with Crippen LogP contribution >= 0.6 is 11.8 Å². The van der Waals surface area contributed by atoms with Crippen molar-refractivity contribution in [3.8, 4) is 0 Å². The molecule has 0 spiro atoms. The molecule has 1 aliphatic carbocycles. The number of nitrogens with two attached hydrogens (primary N) is 1. The van der Waals surface area contributed by atoms with Crippen molar-refractivity contribution in [1.29, 1.82) is 0 Å². The van der Waals surface area contributed by atoms with Crippen molar-refractivity contribution in [3.63, 3.8) is 0 Å². The molecule has 0 unspecified atom stereocenters. The molecule has 6 heteroatoms. The van der Waals surface area contributed by atoms with E-state index in [9.17, 15) is 9.59 Å². The van der Waals surface area contributed by atoms with Gasteiger partial charge in [0.1, 0.15) is 0 Å². The molecule has 0 aromatic rings. The normalized spacial score (nSPS) is 15.9. The van der Waals surface area contributed by atoms with E-state index in [1.165, 1.54) is 7.11 Å². The first-order valence-corrected chi connectivity index (χ1v) is 7.91. The smallest absolute Gasteiger partial charge is 0.306 e. The fourth-order valence-corrected chi connectivity index (χ4v) is 3.33. The summed E-state index contributed by atoms with van der Waals surface area (Å²) in [5.74, 6) is 6.95. The first kappa shape index (κ1) is 16.3. The van der Waals surface area contributed by atoms with Gasteiger partial charge in [0, 0.05) is 6.42 Å². The second-order valence-corrected chi connectivity index (χ2v) is 6.29. The maximum Gasteiger partial charge on any atom is 0.306 e. The summed E-state index contributed by atoms with van der Waals surface area (Å²) < 4.78 is 4.72. The Morgan fingerprint density at radius 3 is 2.63 bits per heavy atom. The Morgan fingerprint density at radius 1 is 1.32 bits per heavy atom. The summed E-state index contributed by atoms with van der Waals surface area (Å²) in [6, 6.07) is 0. The van der Waals surface area contributed by atoms with Crippen LogP contribution < -0.4 is 11.3 Å². The number of unbranched alkanes of at least 4 members (excludes halogenated alkanes) is 2. The van der Waals surface area contributed by atoms with Gasteiger partial charge in [-0.05, 0) is 42.6 Å². The van der Waals surface area contributed by atoms with Gasteiger partial charge in [-0.3, -0.25) is 15.0 Å². The second-order valence-electron chi connectivity index (χ2n) is 5.18. The van der Waals surface area contributed by atoms with E-state index in [-0.39, 0.29) is 17.3 Å². The molecule has 1 aliphatic rings. The van der Waals surface area contributed by atoms with Crippen LogP contribution in [-0.4, -0.2) is 30.5 Å². The molecule has 1 rings (SSSR count). The van der Waals surface area contributed by atoms with Crippen LogP contribution in [0.25, 0.3) is 0 Å². The molecule has 19 heavy (non-hydrogen) atoms. The van der Waals surface area contributed by atoms with Crippen LogP contribution in [0.3, 0.4) is 0 Å². The number of amides is 1. The SMILES string of the molecule is COC(=O)CC1(CSCCCCCC(=O)NN)CC1. The van der Waals surface area contributed by atoms with Gasteiger partial charge in [0.05, 0.1) is 13.5 Å². The van der Waals surface area contributed by atoms with E-state index in [4.69, 9.17) is 10.6 Å². The molecule has 110 valence electrons. The lowest BCUT2D eigenvalue weighted by atomic mass is 10.1. The number of hydrogen-bond acceptors (Lipinski definition) is 5. The van der Waals surface area contributed by atoms with Crippen molar-refractivity contribution < 1.29 is 14.3 Å². The van der Waals surface area contributed by atoms with E-state index in [1.54, 1.807) is 0 Å². The Labute approximate surface area is 119 Å². The number of carbonyl (C=O) groups excluding carboxylic acids is 2. The lowest BCUT2D eigenvalue weighted by molar-refractivity contribution is -0.141. The fraction of sp³-hybridized carbons (Fsp3) is 0.846. The maximum absolute atomic E-state index is 11.3. The van der Waals surface area contributed by atoms with Crippen molar-refractivity contribution in [3.05, 3.63) is 0 Å². The molecule has 0 aliphatic heterocycles. The van der Waals surface area contributed by atoms with Crippen LogP contribution in [0, 0.1) is 5.41 Å². The third kappa shape index (κ3) is 6.82. The van der Waals surface area contributed by atoms with Crippen LogP contribution in [0.2, 0.25) is 0 Å². The summed E-state index contributed by atoms with van der Waals surface area (Å²) >= 11 is 1.91. The summed E-state index contributed by atoms with van der Waals surface area (Å²) in [7, 11) is 1.45. The zero-order valence-electron chi connectivity index (χ0n) is 11.6. The Hall–Kier alpha value is -0.750. The van der Waals surface area contributed by atoms with Crippen LogP contribution in [0.4, 0.5) is 0 Å². The Balaban J connectivity index is 1.96. The number of methoxy groups -OCH3 is 1. The van der Waals surface area contributed by atoms with Gasteiger partial charge in [0.25, 0.3) is 0 Å². The monoisotopic (exact) mass is 288 g/mol. The number of ether oxygens (including phenoxy) is 1. The zero-order valence-corrected chi connectivity index (χ0v) is 12.4. The van der Waals surface area contributed by atoms with Gasteiger partial charge in [-0.2, -0.15) is 11.8 Å². The average molecular weight is 288 g/mol. The summed E-state index contributed by atoms with van der Waals surface area (Å²) in [5.41, 5.74) is 2.35. The number of rotatable bonds is 10. The molecule has 0 saturated heterocycles. The molecule has 5 nitrogen and oxygen atoms in total. The topological polar surface area (TPSA) is 81.4 Å². The molecule has 0 aromatic heterocycles. The standard InChI is InChI=1S/C13H24N2O3S/c1-18-12(17)9-13(6-7-13)10-19-8-4-2-3-5-11(16)15-14/h2-10,14H2,1H3,(H,15,16). The van der Waals surface area contributed by atoms with E-state index in [0.717, 1.165) is 43.6 Å². The summed E-state index contributed by atoms with van der Waals surface area (Å²) in [4.78, 5) is 22.1. The number of carbonyl (C=O) groups is 2. The molecule has 0 heterocycles. The van der Waals surface area contributed by atoms with Crippen LogP contribution in [0.5, 0.6) is 0 Å².